The van der Waals surface area contributed by atoms with Gasteiger partial charge < -0.3 is 28.2 Å². The quantitative estimate of drug-likeness (QED) is 0.145. The molecule has 2 aromatic heterocycles. The van der Waals surface area contributed by atoms with E-state index < -0.39 is 5.82 Å². The molecular formula is C34H35BrFN5O4. The van der Waals surface area contributed by atoms with Crippen LogP contribution in [0, 0.1) is 5.82 Å². The first-order valence-electron chi connectivity index (χ1n) is 15.0. The minimum atomic E-state index is -0.411. The van der Waals surface area contributed by atoms with Crippen molar-refractivity contribution in [3.05, 3.63) is 100 Å². The number of hydrogen-bond acceptors (Lipinski definition) is 7. The Morgan fingerprint density at radius 1 is 1.09 bits per heavy atom. The number of rotatable bonds is 10. The van der Waals surface area contributed by atoms with Gasteiger partial charge >= 0.3 is 5.97 Å². The van der Waals surface area contributed by atoms with Gasteiger partial charge in [-0.15, -0.1) is 0 Å². The predicted octanol–water partition coefficient (Wildman–Crippen LogP) is 7.18. The van der Waals surface area contributed by atoms with Crippen LogP contribution in [0.5, 0.6) is 11.5 Å². The molecule has 0 amide bonds. The van der Waals surface area contributed by atoms with E-state index in [-0.39, 0.29) is 30.5 Å². The van der Waals surface area contributed by atoms with Gasteiger partial charge in [-0.05, 0) is 67.9 Å². The fraction of sp³-hybridized carbons (Fsp3) is 0.324. The molecule has 0 N–H and O–H groups in total. The van der Waals surface area contributed by atoms with Crippen molar-refractivity contribution in [2.24, 2.45) is 0 Å². The van der Waals surface area contributed by atoms with Gasteiger partial charge in [0.25, 0.3) is 0 Å². The summed E-state index contributed by atoms with van der Waals surface area (Å²) in [6.45, 7) is 6.56. The highest BCUT2D eigenvalue weighted by atomic mass is 79.9. The van der Waals surface area contributed by atoms with Crippen LogP contribution in [0.1, 0.15) is 54.3 Å². The number of ether oxygens (including phenoxy) is 3. The third-order valence-corrected chi connectivity index (χ3v) is 8.48. The molecule has 3 aromatic carbocycles. The second-order valence-electron chi connectivity index (χ2n) is 11.4. The average Bonchev–Trinajstić information content (AvgIpc) is 3.66. The van der Waals surface area contributed by atoms with Crippen LogP contribution in [0.15, 0.2) is 77.7 Å². The van der Waals surface area contributed by atoms with Crippen LogP contribution in [-0.4, -0.2) is 51.4 Å². The first-order valence-corrected chi connectivity index (χ1v) is 15.8. The summed E-state index contributed by atoms with van der Waals surface area (Å²) in [4.78, 5) is 24.1. The maximum Gasteiger partial charge on any atom is 0.337 e. The Bertz CT molecular complexity index is 1810. The topological polar surface area (TPSA) is 83.6 Å². The molecule has 5 aromatic rings. The number of nitrogens with zero attached hydrogens (tertiary/aromatic N) is 5. The molecule has 0 saturated carbocycles. The van der Waals surface area contributed by atoms with Crippen LogP contribution in [0.3, 0.4) is 0 Å². The number of hydrogen-bond donors (Lipinski definition) is 0. The van der Waals surface area contributed by atoms with E-state index in [1.807, 2.05) is 48.9 Å². The molecule has 11 heteroatoms. The molecule has 3 heterocycles. The van der Waals surface area contributed by atoms with E-state index in [1.54, 1.807) is 18.2 Å². The molecule has 9 nitrogen and oxygen atoms in total. The molecule has 1 aliphatic heterocycles. The van der Waals surface area contributed by atoms with E-state index in [0.29, 0.717) is 16.6 Å². The fourth-order valence-corrected chi connectivity index (χ4v) is 5.99. The highest BCUT2D eigenvalue weighted by molar-refractivity contribution is 9.10. The van der Waals surface area contributed by atoms with Gasteiger partial charge in [-0.1, -0.05) is 28.1 Å². The van der Waals surface area contributed by atoms with Crippen molar-refractivity contribution in [1.82, 2.24) is 19.1 Å². The molecule has 0 atom stereocenters. The Labute approximate surface area is 269 Å². The molecule has 0 bridgehead atoms. The molecule has 1 fully saturated rings. The highest BCUT2D eigenvalue weighted by Gasteiger charge is 2.26. The number of carbonyl (C=O) groups excluding carboxylic acids is 1. The first-order chi connectivity index (χ1) is 21.8. The molecule has 0 spiro atoms. The summed E-state index contributed by atoms with van der Waals surface area (Å²) in [6.07, 6.45) is 5.39. The van der Waals surface area contributed by atoms with Crippen molar-refractivity contribution >= 4 is 38.9 Å². The second-order valence-corrected chi connectivity index (χ2v) is 12.3. The number of aromatic nitrogens is 4. The van der Waals surface area contributed by atoms with Gasteiger partial charge in [-0.25, -0.2) is 19.2 Å². The predicted molar refractivity (Wildman–Crippen MR) is 174 cm³/mol. The van der Waals surface area contributed by atoms with Crippen LogP contribution >= 0.6 is 15.9 Å². The van der Waals surface area contributed by atoms with Crippen molar-refractivity contribution in [2.75, 3.05) is 25.1 Å². The van der Waals surface area contributed by atoms with E-state index in [2.05, 4.69) is 48.8 Å². The summed E-state index contributed by atoms with van der Waals surface area (Å²) < 4.78 is 36.2. The maximum atomic E-state index is 14.2. The maximum absolute atomic E-state index is 14.2. The highest BCUT2D eigenvalue weighted by Crippen LogP contribution is 2.30. The molecule has 1 saturated heterocycles. The summed E-state index contributed by atoms with van der Waals surface area (Å²) >= 11 is 3.27. The summed E-state index contributed by atoms with van der Waals surface area (Å²) in [5.41, 5.74) is 4.11. The third kappa shape index (κ3) is 6.83. The number of esters is 1. The Hall–Kier alpha value is -4.38. The van der Waals surface area contributed by atoms with E-state index >= 15 is 0 Å². The Morgan fingerprint density at radius 2 is 1.91 bits per heavy atom. The summed E-state index contributed by atoms with van der Waals surface area (Å²) in [5.74, 6) is 1.02. The van der Waals surface area contributed by atoms with E-state index in [1.165, 1.54) is 13.2 Å². The van der Waals surface area contributed by atoms with Crippen LogP contribution in [0.4, 0.5) is 10.3 Å². The smallest absolute Gasteiger partial charge is 0.337 e. The zero-order valence-electron chi connectivity index (χ0n) is 25.5. The molecule has 0 unspecified atom stereocenters. The van der Waals surface area contributed by atoms with Gasteiger partial charge in [0.05, 0.1) is 42.3 Å². The Kier molecular flexibility index (Phi) is 9.07. The Morgan fingerprint density at radius 3 is 2.67 bits per heavy atom. The minimum absolute atomic E-state index is 0.0347. The van der Waals surface area contributed by atoms with E-state index in [9.17, 15) is 9.18 Å². The molecule has 234 valence electrons. The number of carbonyl (C=O) groups is 1. The zero-order valence-corrected chi connectivity index (χ0v) is 27.0. The lowest BCUT2D eigenvalue weighted by molar-refractivity contribution is 0.0601. The number of imidazole rings is 2. The zero-order chi connectivity index (χ0) is 31.5. The molecule has 0 radical (unpaired) electrons. The van der Waals surface area contributed by atoms with Crippen molar-refractivity contribution in [3.8, 4) is 11.5 Å². The summed E-state index contributed by atoms with van der Waals surface area (Å²) in [6, 6.07) is 18.2. The van der Waals surface area contributed by atoms with Crippen LogP contribution in [-0.2, 0) is 17.9 Å². The molecule has 1 aliphatic rings. The van der Waals surface area contributed by atoms with Crippen LogP contribution in [0.25, 0.3) is 11.0 Å². The largest absolute Gasteiger partial charge is 0.490 e. The lowest BCUT2D eigenvalue weighted by Gasteiger charge is -2.33. The SMILES string of the molecule is COC(=O)c1ccc2nc(N3CCC(Oc4cccc(COc5ccc(Br)cc5F)c4)CC3)n(Cc3cncn3C(C)C)c2c1. The van der Waals surface area contributed by atoms with Crippen molar-refractivity contribution in [2.45, 2.75) is 52.0 Å². The van der Waals surface area contributed by atoms with Gasteiger partial charge in [-0.3, -0.25) is 0 Å². The van der Waals surface area contributed by atoms with E-state index in [4.69, 9.17) is 19.2 Å². The number of piperidine rings is 1. The lowest BCUT2D eigenvalue weighted by Crippen LogP contribution is -2.39. The molecule has 45 heavy (non-hydrogen) atoms. The fourth-order valence-electron chi connectivity index (χ4n) is 5.66. The first kappa shape index (κ1) is 30.6. The van der Waals surface area contributed by atoms with Gasteiger partial charge in [0.15, 0.2) is 11.6 Å². The molecule has 0 aliphatic carbocycles. The second kappa shape index (κ2) is 13.3. The number of fused-ring (bicyclic) bond motifs is 1. The van der Waals surface area contributed by atoms with Crippen LogP contribution in [0.2, 0.25) is 0 Å². The minimum Gasteiger partial charge on any atom is -0.490 e. The molecule has 6 rings (SSSR count). The van der Waals surface area contributed by atoms with Gasteiger partial charge in [-0.2, -0.15) is 0 Å². The third-order valence-electron chi connectivity index (χ3n) is 7.99. The summed E-state index contributed by atoms with van der Waals surface area (Å²) in [5, 5.41) is 0. The molecular weight excluding hydrogens is 641 g/mol. The monoisotopic (exact) mass is 675 g/mol. The summed E-state index contributed by atoms with van der Waals surface area (Å²) in [7, 11) is 1.39. The normalized spacial score (nSPS) is 13.9. The van der Waals surface area contributed by atoms with Crippen LogP contribution < -0.4 is 14.4 Å². The van der Waals surface area contributed by atoms with Crippen molar-refractivity contribution < 1.29 is 23.4 Å². The number of halogens is 2. The van der Waals surface area contributed by atoms with Gasteiger partial charge in [0.1, 0.15) is 18.5 Å². The number of methoxy groups -OCH3 is 1. The average molecular weight is 677 g/mol. The van der Waals surface area contributed by atoms with Crippen molar-refractivity contribution in [1.29, 1.82) is 0 Å². The van der Waals surface area contributed by atoms with Crippen molar-refractivity contribution in [3.63, 3.8) is 0 Å². The van der Waals surface area contributed by atoms with E-state index in [0.717, 1.165) is 59.9 Å². The Balaban J connectivity index is 1.16. The van der Waals surface area contributed by atoms with Gasteiger partial charge in [0.2, 0.25) is 5.95 Å². The standard InChI is InChI=1S/C34H35BrFN5O4/c1-22(2)41-21-37-18-26(41)19-40-31-16-24(33(42)43-3)7-9-30(31)38-34(40)39-13-11-27(12-14-39)45-28-6-4-5-23(15-28)20-44-32-10-8-25(35)17-29(32)36/h4-10,15-18,21-22,27H,11-14,19-20H2,1-3H3. The van der Waals surface area contributed by atoms with Gasteiger partial charge in [0, 0.05) is 42.6 Å². The number of anilines is 1. The number of benzene rings is 3. The lowest BCUT2D eigenvalue weighted by atomic mass is 10.1.